The highest BCUT2D eigenvalue weighted by molar-refractivity contribution is 14.1. The number of para-hydroxylation sites is 1. The fourth-order valence-electron chi connectivity index (χ4n) is 1.36. The second-order valence-corrected chi connectivity index (χ2v) is 5.44. The number of hydrogen-bond donors (Lipinski definition) is 2. The van der Waals surface area contributed by atoms with Gasteiger partial charge in [-0.05, 0) is 68.9 Å². The largest absolute Gasteiger partial charge is 0.397 e. The third-order valence-electron chi connectivity index (χ3n) is 2.16. The third-order valence-corrected chi connectivity index (χ3v) is 3.52. The highest BCUT2D eigenvalue weighted by Gasteiger charge is 2.02. The average molecular weight is 389 g/mol. The lowest BCUT2D eigenvalue weighted by Gasteiger charge is -2.10. The molecular weight excluding hydrogens is 379 g/mol. The Bertz CT molecular complexity index is 514. The summed E-state index contributed by atoms with van der Waals surface area (Å²) in [6.45, 7) is 0. The molecule has 0 heterocycles. The Labute approximate surface area is 117 Å². The number of nitrogen functional groups attached to an aromatic ring is 1. The molecule has 2 aromatic rings. The molecule has 0 aromatic heterocycles. The van der Waals surface area contributed by atoms with E-state index in [0.29, 0.717) is 0 Å². The summed E-state index contributed by atoms with van der Waals surface area (Å²) in [4.78, 5) is 0. The standard InChI is InChI=1S/C12H10BrIN2/c13-9-3-1-2-4-11(9)16-12-6-5-8(14)7-10(12)15/h1-7,16H,15H2. The van der Waals surface area contributed by atoms with Crippen LogP contribution in [-0.2, 0) is 0 Å². The fraction of sp³-hybridized carbons (Fsp3) is 0. The van der Waals surface area contributed by atoms with Gasteiger partial charge >= 0.3 is 0 Å². The van der Waals surface area contributed by atoms with Crippen LogP contribution in [0, 0.1) is 3.57 Å². The number of anilines is 3. The van der Waals surface area contributed by atoms with E-state index in [2.05, 4.69) is 43.8 Å². The van der Waals surface area contributed by atoms with Gasteiger partial charge < -0.3 is 11.1 Å². The Kier molecular flexibility index (Phi) is 3.70. The van der Waals surface area contributed by atoms with Crippen molar-refractivity contribution in [3.8, 4) is 0 Å². The second-order valence-electron chi connectivity index (χ2n) is 3.34. The summed E-state index contributed by atoms with van der Waals surface area (Å²) in [5, 5.41) is 3.29. The zero-order valence-corrected chi connectivity index (χ0v) is 12.1. The van der Waals surface area contributed by atoms with Crippen LogP contribution in [0.25, 0.3) is 0 Å². The first-order chi connectivity index (χ1) is 7.66. The molecule has 16 heavy (non-hydrogen) atoms. The van der Waals surface area contributed by atoms with Crippen molar-refractivity contribution in [2.75, 3.05) is 11.1 Å². The van der Waals surface area contributed by atoms with E-state index in [1.54, 1.807) is 0 Å². The van der Waals surface area contributed by atoms with Crippen LogP contribution in [0.15, 0.2) is 46.9 Å². The highest BCUT2D eigenvalue weighted by atomic mass is 127. The molecular formula is C12H10BrIN2. The molecule has 0 atom stereocenters. The summed E-state index contributed by atoms with van der Waals surface area (Å²) in [6, 6.07) is 13.9. The lowest BCUT2D eigenvalue weighted by atomic mass is 10.2. The SMILES string of the molecule is Nc1cc(I)ccc1Nc1ccccc1Br. The first-order valence-corrected chi connectivity index (χ1v) is 6.60. The molecule has 0 aliphatic carbocycles. The molecule has 2 rings (SSSR count). The van der Waals surface area contributed by atoms with E-state index in [1.807, 2.05) is 42.5 Å². The number of rotatable bonds is 2. The summed E-state index contributed by atoms with van der Waals surface area (Å²) >= 11 is 5.73. The Morgan fingerprint density at radius 2 is 1.81 bits per heavy atom. The predicted molar refractivity (Wildman–Crippen MR) is 81.0 cm³/mol. The van der Waals surface area contributed by atoms with Crippen LogP contribution >= 0.6 is 38.5 Å². The van der Waals surface area contributed by atoms with Crippen molar-refractivity contribution < 1.29 is 0 Å². The van der Waals surface area contributed by atoms with Crippen LogP contribution in [0.2, 0.25) is 0 Å². The Morgan fingerprint density at radius 1 is 1.06 bits per heavy atom. The molecule has 0 radical (unpaired) electrons. The second kappa shape index (κ2) is 5.05. The zero-order valence-electron chi connectivity index (χ0n) is 8.37. The van der Waals surface area contributed by atoms with Gasteiger partial charge in [0.15, 0.2) is 0 Å². The van der Waals surface area contributed by atoms with Gasteiger partial charge in [0.1, 0.15) is 0 Å². The minimum Gasteiger partial charge on any atom is -0.397 e. The summed E-state index contributed by atoms with van der Waals surface area (Å²) in [5.41, 5.74) is 8.62. The lowest BCUT2D eigenvalue weighted by molar-refractivity contribution is 1.51. The molecule has 0 fully saturated rings. The van der Waals surface area contributed by atoms with E-state index < -0.39 is 0 Å². The van der Waals surface area contributed by atoms with Gasteiger partial charge in [-0.25, -0.2) is 0 Å². The van der Waals surface area contributed by atoms with Crippen molar-refractivity contribution in [2.45, 2.75) is 0 Å². The topological polar surface area (TPSA) is 38.0 Å². The minimum atomic E-state index is 0.752. The molecule has 0 saturated heterocycles. The van der Waals surface area contributed by atoms with Gasteiger partial charge in [-0.3, -0.25) is 0 Å². The Morgan fingerprint density at radius 3 is 2.50 bits per heavy atom. The molecule has 0 spiro atoms. The maximum atomic E-state index is 5.94. The Balaban J connectivity index is 2.31. The van der Waals surface area contributed by atoms with Crippen LogP contribution < -0.4 is 11.1 Å². The average Bonchev–Trinajstić information content (AvgIpc) is 2.25. The van der Waals surface area contributed by atoms with Crippen molar-refractivity contribution in [1.82, 2.24) is 0 Å². The van der Waals surface area contributed by atoms with Gasteiger partial charge in [-0.1, -0.05) is 12.1 Å². The lowest BCUT2D eigenvalue weighted by Crippen LogP contribution is -1.97. The van der Waals surface area contributed by atoms with Gasteiger partial charge in [0.2, 0.25) is 0 Å². The third kappa shape index (κ3) is 2.68. The number of hydrogen-bond acceptors (Lipinski definition) is 2. The van der Waals surface area contributed by atoms with Crippen molar-refractivity contribution in [2.24, 2.45) is 0 Å². The van der Waals surface area contributed by atoms with Crippen LogP contribution in [0.3, 0.4) is 0 Å². The monoisotopic (exact) mass is 388 g/mol. The van der Waals surface area contributed by atoms with E-state index in [9.17, 15) is 0 Å². The molecule has 2 aromatic carbocycles. The van der Waals surface area contributed by atoms with Crippen LogP contribution in [0.1, 0.15) is 0 Å². The quantitative estimate of drug-likeness (QED) is 0.591. The van der Waals surface area contributed by atoms with Gasteiger partial charge in [0.05, 0.1) is 17.1 Å². The molecule has 2 nitrogen and oxygen atoms in total. The number of halogens is 2. The molecule has 0 unspecified atom stereocenters. The minimum absolute atomic E-state index is 0.752. The predicted octanol–water partition coefficient (Wildman–Crippen LogP) is 4.38. The van der Waals surface area contributed by atoms with Crippen LogP contribution in [0.5, 0.6) is 0 Å². The first kappa shape index (κ1) is 11.7. The van der Waals surface area contributed by atoms with E-state index in [1.165, 1.54) is 0 Å². The molecule has 0 aliphatic heterocycles. The molecule has 82 valence electrons. The number of benzene rings is 2. The normalized spacial score (nSPS) is 10.1. The molecule has 0 amide bonds. The van der Waals surface area contributed by atoms with Crippen molar-refractivity contribution in [3.63, 3.8) is 0 Å². The van der Waals surface area contributed by atoms with Gasteiger partial charge in [0, 0.05) is 8.04 Å². The summed E-state index contributed by atoms with van der Waals surface area (Å²) < 4.78 is 2.15. The van der Waals surface area contributed by atoms with Crippen molar-refractivity contribution in [3.05, 3.63) is 50.5 Å². The van der Waals surface area contributed by atoms with Crippen LogP contribution in [-0.4, -0.2) is 0 Å². The first-order valence-electron chi connectivity index (χ1n) is 4.73. The number of nitrogens with two attached hydrogens (primary N) is 1. The van der Waals surface area contributed by atoms with Crippen molar-refractivity contribution >= 4 is 55.6 Å². The molecule has 0 saturated carbocycles. The van der Waals surface area contributed by atoms with Gasteiger partial charge in [0.25, 0.3) is 0 Å². The maximum absolute atomic E-state index is 5.94. The maximum Gasteiger partial charge on any atom is 0.0618 e. The van der Waals surface area contributed by atoms with E-state index in [-0.39, 0.29) is 0 Å². The summed E-state index contributed by atoms with van der Waals surface area (Å²) in [6.07, 6.45) is 0. The smallest absolute Gasteiger partial charge is 0.0618 e. The van der Waals surface area contributed by atoms with Gasteiger partial charge in [-0.15, -0.1) is 0 Å². The molecule has 3 N–H and O–H groups in total. The molecule has 4 heteroatoms. The van der Waals surface area contributed by atoms with E-state index in [0.717, 1.165) is 25.1 Å². The number of nitrogens with one attached hydrogen (secondary N) is 1. The Hall–Kier alpha value is -0.750. The van der Waals surface area contributed by atoms with Gasteiger partial charge in [-0.2, -0.15) is 0 Å². The van der Waals surface area contributed by atoms with Crippen molar-refractivity contribution in [1.29, 1.82) is 0 Å². The van der Waals surface area contributed by atoms with E-state index in [4.69, 9.17) is 5.73 Å². The van der Waals surface area contributed by atoms with Crippen LogP contribution in [0.4, 0.5) is 17.1 Å². The molecule has 0 aliphatic rings. The fourth-order valence-corrected chi connectivity index (χ4v) is 2.25. The van der Waals surface area contributed by atoms with E-state index >= 15 is 0 Å². The summed E-state index contributed by atoms with van der Waals surface area (Å²) in [7, 11) is 0. The zero-order chi connectivity index (χ0) is 11.5. The molecule has 0 bridgehead atoms. The summed E-state index contributed by atoms with van der Waals surface area (Å²) in [5.74, 6) is 0. The highest BCUT2D eigenvalue weighted by Crippen LogP contribution is 2.29.